The molecule has 0 aromatic carbocycles. The van der Waals surface area contributed by atoms with E-state index in [-0.39, 0.29) is 18.2 Å². The molecule has 3 rings (SSSR count). The van der Waals surface area contributed by atoms with Crippen LogP contribution in [0.4, 0.5) is 14.7 Å². The minimum atomic E-state index is -0.525. The molecule has 0 bridgehead atoms. The maximum atomic E-state index is 12.2. The molecule has 10 heteroatoms. The second-order valence-electron chi connectivity index (χ2n) is 7.44. The average Bonchev–Trinajstić information content (AvgIpc) is 3.00. The molecule has 1 unspecified atom stereocenters. The highest BCUT2D eigenvalue weighted by atomic mass is 32.1. The van der Waals surface area contributed by atoms with Crippen molar-refractivity contribution in [3.63, 3.8) is 0 Å². The molecule has 1 fully saturated rings. The lowest BCUT2D eigenvalue weighted by Crippen LogP contribution is -2.41. The summed E-state index contributed by atoms with van der Waals surface area (Å²) in [6, 6.07) is -0.334. The average molecular weight is 398 g/mol. The van der Waals surface area contributed by atoms with E-state index in [1.54, 1.807) is 4.90 Å². The number of thiazole rings is 1. The number of urea groups is 1. The van der Waals surface area contributed by atoms with E-state index in [9.17, 15) is 9.59 Å². The van der Waals surface area contributed by atoms with Gasteiger partial charge in [-0.15, -0.1) is 0 Å². The van der Waals surface area contributed by atoms with E-state index in [0.29, 0.717) is 51.0 Å². The van der Waals surface area contributed by atoms with Crippen LogP contribution in [0.15, 0.2) is 0 Å². The number of aromatic nitrogens is 1. The van der Waals surface area contributed by atoms with Gasteiger partial charge in [0.2, 0.25) is 0 Å². The molecule has 9 nitrogen and oxygen atoms in total. The van der Waals surface area contributed by atoms with Crippen LogP contribution >= 0.6 is 11.3 Å². The van der Waals surface area contributed by atoms with Crippen molar-refractivity contribution in [2.75, 3.05) is 38.2 Å². The molecule has 2 aliphatic rings. The molecular weight excluding hydrogens is 372 g/mol. The fraction of sp³-hybridized carbons (Fsp3) is 0.706. The Morgan fingerprint density at radius 3 is 2.89 bits per heavy atom. The first kappa shape index (κ1) is 19.8. The second kappa shape index (κ2) is 8.41. The molecule has 0 saturated carbocycles. The van der Waals surface area contributed by atoms with Gasteiger partial charge >= 0.3 is 12.1 Å². The Labute approximate surface area is 162 Å². The molecule has 2 aliphatic heterocycles. The molecular formula is C17H26N4O5S. The van der Waals surface area contributed by atoms with Crippen molar-refractivity contribution >= 4 is 28.6 Å². The zero-order valence-electron chi connectivity index (χ0n) is 15.9. The Kier molecular flexibility index (Phi) is 6.18. The number of nitrogens with one attached hydrogen (secondary N) is 2. The first-order valence-electron chi connectivity index (χ1n) is 9.01. The number of rotatable bonds is 3. The van der Waals surface area contributed by atoms with Crippen molar-refractivity contribution in [2.24, 2.45) is 0 Å². The summed E-state index contributed by atoms with van der Waals surface area (Å²) in [7, 11) is 0. The molecule has 150 valence electrons. The molecule has 1 aromatic heterocycles. The lowest BCUT2D eigenvalue weighted by Gasteiger charge is -2.29. The number of anilines is 1. The molecule has 0 aliphatic carbocycles. The van der Waals surface area contributed by atoms with Crippen LogP contribution in [-0.4, -0.2) is 66.6 Å². The molecule has 1 atom stereocenters. The molecule has 0 radical (unpaired) electrons. The third-order valence-corrected chi connectivity index (χ3v) is 4.98. The Bertz CT molecular complexity index is 681. The van der Waals surface area contributed by atoms with Gasteiger partial charge in [0.1, 0.15) is 5.60 Å². The number of ether oxygens (including phenoxy) is 3. The Hall–Kier alpha value is -1.91. The summed E-state index contributed by atoms with van der Waals surface area (Å²) >= 11 is 1.38. The van der Waals surface area contributed by atoms with Gasteiger partial charge < -0.3 is 24.4 Å². The molecule has 27 heavy (non-hydrogen) atoms. The highest BCUT2D eigenvalue weighted by molar-refractivity contribution is 7.15. The van der Waals surface area contributed by atoms with Crippen molar-refractivity contribution in [1.82, 2.24) is 15.2 Å². The van der Waals surface area contributed by atoms with Crippen LogP contribution in [0.25, 0.3) is 0 Å². The minimum absolute atomic E-state index is 0.128. The minimum Gasteiger partial charge on any atom is -0.444 e. The summed E-state index contributed by atoms with van der Waals surface area (Å²) in [6.45, 7) is 8.52. The number of hydrogen-bond acceptors (Lipinski definition) is 7. The number of hydrogen-bond donors (Lipinski definition) is 2. The monoisotopic (exact) mass is 398 g/mol. The van der Waals surface area contributed by atoms with Crippen LogP contribution in [-0.2, 0) is 27.2 Å². The molecule has 0 spiro atoms. The van der Waals surface area contributed by atoms with Crippen molar-refractivity contribution in [3.8, 4) is 0 Å². The van der Waals surface area contributed by atoms with E-state index in [1.165, 1.54) is 11.3 Å². The summed E-state index contributed by atoms with van der Waals surface area (Å²) in [4.78, 5) is 31.4. The van der Waals surface area contributed by atoms with Gasteiger partial charge in [-0.05, 0) is 20.8 Å². The standard InChI is InChI=1S/C17H26N4O5S/c1-17(2,3)26-16(23)21-5-4-12-13(9-21)27-15(19-12)20-14(22)18-8-11-10-24-6-7-25-11/h11H,4-10H2,1-3H3,(H2,18,19,20,22). The summed E-state index contributed by atoms with van der Waals surface area (Å²) < 4.78 is 16.2. The second-order valence-corrected chi connectivity index (χ2v) is 8.53. The number of amides is 3. The third kappa shape index (κ3) is 5.78. The van der Waals surface area contributed by atoms with Gasteiger partial charge in [0.25, 0.3) is 0 Å². The predicted molar refractivity (Wildman–Crippen MR) is 100 cm³/mol. The van der Waals surface area contributed by atoms with Gasteiger partial charge in [-0.2, -0.15) is 0 Å². The fourth-order valence-corrected chi connectivity index (χ4v) is 3.75. The van der Waals surface area contributed by atoms with E-state index in [1.807, 2.05) is 20.8 Å². The summed E-state index contributed by atoms with van der Waals surface area (Å²) in [5, 5.41) is 6.03. The number of carbonyl (C=O) groups excluding carboxylic acids is 2. The molecule has 3 heterocycles. The van der Waals surface area contributed by atoms with E-state index >= 15 is 0 Å². The first-order valence-corrected chi connectivity index (χ1v) is 9.82. The largest absolute Gasteiger partial charge is 0.444 e. The van der Waals surface area contributed by atoms with Crippen LogP contribution in [0, 0.1) is 0 Å². The summed E-state index contributed by atoms with van der Waals surface area (Å²) in [6.07, 6.45) is 0.182. The van der Waals surface area contributed by atoms with Crippen LogP contribution in [0.1, 0.15) is 31.3 Å². The number of nitrogens with zero attached hydrogens (tertiary/aromatic N) is 2. The van der Waals surface area contributed by atoms with Gasteiger partial charge in [-0.3, -0.25) is 5.32 Å². The van der Waals surface area contributed by atoms with Gasteiger partial charge in [0.15, 0.2) is 5.13 Å². The van der Waals surface area contributed by atoms with Crippen molar-refractivity contribution in [1.29, 1.82) is 0 Å². The quantitative estimate of drug-likeness (QED) is 0.807. The van der Waals surface area contributed by atoms with Gasteiger partial charge in [0, 0.05) is 24.4 Å². The van der Waals surface area contributed by atoms with Gasteiger partial charge in [-0.25, -0.2) is 14.6 Å². The third-order valence-electron chi connectivity index (χ3n) is 3.98. The number of carbonyl (C=O) groups is 2. The Balaban J connectivity index is 1.50. The molecule has 1 saturated heterocycles. The number of fused-ring (bicyclic) bond motifs is 1. The zero-order chi connectivity index (χ0) is 19.4. The highest BCUT2D eigenvalue weighted by Gasteiger charge is 2.28. The fourth-order valence-electron chi connectivity index (χ4n) is 2.73. The smallest absolute Gasteiger partial charge is 0.410 e. The summed E-state index contributed by atoms with van der Waals surface area (Å²) in [5.74, 6) is 0. The molecule has 3 amide bonds. The van der Waals surface area contributed by atoms with Crippen molar-refractivity contribution in [3.05, 3.63) is 10.6 Å². The Morgan fingerprint density at radius 2 is 2.19 bits per heavy atom. The van der Waals surface area contributed by atoms with Crippen LogP contribution in [0.5, 0.6) is 0 Å². The topological polar surface area (TPSA) is 102 Å². The molecule has 1 aromatic rings. The maximum absolute atomic E-state index is 12.2. The SMILES string of the molecule is CC(C)(C)OC(=O)N1CCc2nc(NC(=O)NCC3COCCO3)sc2C1. The lowest BCUT2D eigenvalue weighted by atomic mass is 10.2. The van der Waals surface area contributed by atoms with Crippen LogP contribution < -0.4 is 10.6 Å². The Morgan fingerprint density at radius 1 is 1.37 bits per heavy atom. The van der Waals surface area contributed by atoms with Gasteiger partial charge in [0.05, 0.1) is 38.2 Å². The normalized spacial score (nSPS) is 20.0. The van der Waals surface area contributed by atoms with E-state index in [0.717, 1.165) is 10.6 Å². The molecule has 2 N–H and O–H groups in total. The van der Waals surface area contributed by atoms with E-state index < -0.39 is 5.60 Å². The van der Waals surface area contributed by atoms with Crippen molar-refractivity contribution < 1.29 is 23.8 Å². The van der Waals surface area contributed by atoms with Crippen molar-refractivity contribution in [2.45, 2.75) is 45.4 Å². The zero-order valence-corrected chi connectivity index (χ0v) is 16.7. The van der Waals surface area contributed by atoms with E-state index in [2.05, 4.69) is 15.6 Å². The van der Waals surface area contributed by atoms with Gasteiger partial charge in [-0.1, -0.05) is 11.3 Å². The first-order chi connectivity index (χ1) is 12.8. The predicted octanol–water partition coefficient (Wildman–Crippen LogP) is 1.97. The van der Waals surface area contributed by atoms with E-state index in [4.69, 9.17) is 14.2 Å². The maximum Gasteiger partial charge on any atom is 0.410 e. The highest BCUT2D eigenvalue weighted by Crippen LogP contribution is 2.29. The van der Waals surface area contributed by atoms with Crippen LogP contribution in [0.3, 0.4) is 0 Å². The van der Waals surface area contributed by atoms with Crippen LogP contribution in [0.2, 0.25) is 0 Å². The summed E-state index contributed by atoms with van der Waals surface area (Å²) in [5.41, 5.74) is 0.391. The lowest BCUT2D eigenvalue weighted by molar-refractivity contribution is -0.0852.